The van der Waals surface area contributed by atoms with Crippen LogP contribution in [0.25, 0.3) is 4.85 Å². The van der Waals surface area contributed by atoms with E-state index in [0.717, 1.165) is 12.8 Å². The molecular weight excluding hydrogens is 134 g/mol. The van der Waals surface area contributed by atoms with Crippen molar-refractivity contribution in [3.8, 4) is 0 Å². The molecule has 0 radical (unpaired) electrons. The number of rotatable bonds is 0. The Morgan fingerprint density at radius 1 is 1.33 bits per heavy atom. The predicted molar refractivity (Wildman–Crippen MR) is 38.5 cm³/mol. The molecule has 0 heterocycles. The molecule has 1 nitrogen and oxygen atoms in total. The minimum absolute atomic E-state index is 0.111. The van der Waals surface area contributed by atoms with Gasteiger partial charge >= 0.3 is 0 Å². The van der Waals surface area contributed by atoms with Crippen molar-refractivity contribution >= 4 is 11.6 Å². The van der Waals surface area contributed by atoms with Gasteiger partial charge < -0.3 is 4.85 Å². The third-order valence-corrected chi connectivity index (χ3v) is 2.32. The fraction of sp³-hybridized carbons (Fsp3) is 0.857. The maximum Gasteiger partial charge on any atom is 0.239 e. The molecule has 2 heteroatoms. The lowest BCUT2D eigenvalue weighted by Crippen LogP contribution is -2.21. The quantitative estimate of drug-likeness (QED) is 0.363. The lowest BCUT2D eigenvalue weighted by Gasteiger charge is -2.16. The molecule has 9 heavy (non-hydrogen) atoms. The topological polar surface area (TPSA) is 4.36 Å². The van der Waals surface area contributed by atoms with Crippen molar-refractivity contribution in [1.29, 1.82) is 0 Å². The maximum atomic E-state index is 6.77. The minimum atomic E-state index is 0.111. The van der Waals surface area contributed by atoms with E-state index in [2.05, 4.69) is 4.85 Å². The van der Waals surface area contributed by atoms with Crippen molar-refractivity contribution in [3.05, 3.63) is 11.4 Å². The van der Waals surface area contributed by atoms with Crippen LogP contribution < -0.4 is 0 Å². The second-order valence-corrected chi connectivity index (χ2v) is 3.06. The molecule has 0 aromatic rings. The standard InChI is InChI=1S/C7H10ClN/c1-9-7-5-3-2-4-6(7)8/h6-7H,2-5H2/t6-,7-/m1/s1. The van der Waals surface area contributed by atoms with Crippen LogP contribution >= 0.6 is 11.6 Å². The molecule has 0 aliphatic heterocycles. The van der Waals surface area contributed by atoms with Crippen molar-refractivity contribution in [1.82, 2.24) is 0 Å². The number of hydrogen-bond acceptors (Lipinski definition) is 0. The Labute approximate surface area is 60.8 Å². The van der Waals surface area contributed by atoms with Gasteiger partial charge in [0.15, 0.2) is 0 Å². The summed E-state index contributed by atoms with van der Waals surface area (Å²) in [5, 5.41) is 0.135. The Bertz CT molecular complexity index is 127. The van der Waals surface area contributed by atoms with E-state index >= 15 is 0 Å². The van der Waals surface area contributed by atoms with E-state index in [0.29, 0.717) is 0 Å². The van der Waals surface area contributed by atoms with Gasteiger partial charge in [-0.1, -0.05) is 6.42 Å². The third kappa shape index (κ3) is 1.59. The maximum absolute atomic E-state index is 6.77. The number of halogens is 1. The van der Waals surface area contributed by atoms with Crippen LogP contribution in [0.2, 0.25) is 0 Å². The normalized spacial score (nSPS) is 35.6. The molecule has 0 saturated heterocycles. The van der Waals surface area contributed by atoms with E-state index in [-0.39, 0.29) is 11.4 Å². The monoisotopic (exact) mass is 143 g/mol. The van der Waals surface area contributed by atoms with E-state index < -0.39 is 0 Å². The van der Waals surface area contributed by atoms with Gasteiger partial charge in [0.2, 0.25) is 6.04 Å². The van der Waals surface area contributed by atoms with Gasteiger partial charge in [0.25, 0.3) is 0 Å². The summed E-state index contributed by atoms with van der Waals surface area (Å²) in [6.45, 7) is 6.77. The van der Waals surface area contributed by atoms with E-state index in [4.69, 9.17) is 18.2 Å². The van der Waals surface area contributed by atoms with Gasteiger partial charge in [-0.2, -0.15) is 0 Å². The Morgan fingerprint density at radius 3 is 2.44 bits per heavy atom. The average Bonchev–Trinajstić information content (AvgIpc) is 1.89. The second kappa shape index (κ2) is 3.08. The SMILES string of the molecule is [C-]#[N+][C@@H]1CCCC[C@H]1Cl. The molecule has 0 aromatic carbocycles. The van der Waals surface area contributed by atoms with Gasteiger partial charge in [0.1, 0.15) is 5.38 Å². The molecule has 0 unspecified atom stereocenters. The Kier molecular flexibility index (Phi) is 2.36. The fourth-order valence-corrected chi connectivity index (χ4v) is 1.55. The van der Waals surface area contributed by atoms with Gasteiger partial charge in [-0.05, 0) is 12.8 Å². The Hall–Kier alpha value is -0.220. The van der Waals surface area contributed by atoms with Crippen LogP contribution in [0.1, 0.15) is 25.7 Å². The zero-order chi connectivity index (χ0) is 6.69. The largest absolute Gasteiger partial charge is 0.312 e. The first-order valence-corrected chi connectivity index (χ1v) is 3.79. The summed E-state index contributed by atoms with van der Waals surface area (Å²) in [4.78, 5) is 3.45. The molecule has 0 bridgehead atoms. The molecule has 1 fully saturated rings. The molecule has 0 N–H and O–H groups in total. The fourth-order valence-electron chi connectivity index (χ4n) is 1.21. The Morgan fingerprint density at radius 2 is 2.00 bits per heavy atom. The molecule has 0 aromatic heterocycles. The summed E-state index contributed by atoms with van der Waals surface area (Å²) in [6, 6.07) is 0.111. The number of nitrogens with zero attached hydrogens (tertiary/aromatic N) is 1. The lowest BCUT2D eigenvalue weighted by molar-refractivity contribution is 0.487. The predicted octanol–water partition coefficient (Wildman–Crippen LogP) is 2.46. The second-order valence-electron chi connectivity index (χ2n) is 2.50. The molecule has 50 valence electrons. The zero-order valence-corrected chi connectivity index (χ0v) is 6.06. The summed E-state index contributed by atoms with van der Waals surface area (Å²) >= 11 is 5.87. The van der Waals surface area contributed by atoms with Gasteiger partial charge in [0, 0.05) is 6.42 Å². The lowest BCUT2D eigenvalue weighted by atomic mass is 9.96. The molecule has 1 aliphatic rings. The van der Waals surface area contributed by atoms with Crippen LogP contribution in [0, 0.1) is 6.57 Å². The van der Waals surface area contributed by atoms with E-state index in [9.17, 15) is 0 Å². The molecule has 1 saturated carbocycles. The van der Waals surface area contributed by atoms with Crippen molar-refractivity contribution in [2.75, 3.05) is 0 Å². The smallest absolute Gasteiger partial charge is 0.239 e. The van der Waals surface area contributed by atoms with Gasteiger partial charge in [-0.3, -0.25) is 0 Å². The van der Waals surface area contributed by atoms with E-state index in [1.54, 1.807) is 0 Å². The van der Waals surface area contributed by atoms with E-state index in [1.807, 2.05) is 0 Å². The highest BCUT2D eigenvalue weighted by atomic mass is 35.5. The van der Waals surface area contributed by atoms with Crippen LogP contribution in [-0.4, -0.2) is 11.4 Å². The van der Waals surface area contributed by atoms with Crippen LogP contribution in [0.5, 0.6) is 0 Å². The van der Waals surface area contributed by atoms with Crippen LogP contribution in [0.3, 0.4) is 0 Å². The van der Waals surface area contributed by atoms with Gasteiger partial charge in [0.05, 0.1) is 0 Å². The van der Waals surface area contributed by atoms with Crippen LogP contribution in [-0.2, 0) is 0 Å². The molecule has 2 atom stereocenters. The van der Waals surface area contributed by atoms with Crippen molar-refractivity contribution in [2.24, 2.45) is 0 Å². The minimum Gasteiger partial charge on any atom is -0.312 e. The average molecular weight is 144 g/mol. The van der Waals surface area contributed by atoms with Crippen LogP contribution in [0.15, 0.2) is 0 Å². The number of alkyl halides is 1. The summed E-state index contributed by atoms with van der Waals surface area (Å²) < 4.78 is 0. The van der Waals surface area contributed by atoms with Gasteiger partial charge in [-0.25, -0.2) is 6.57 Å². The molecule has 0 amide bonds. The third-order valence-electron chi connectivity index (χ3n) is 1.81. The first-order valence-electron chi connectivity index (χ1n) is 3.35. The summed E-state index contributed by atoms with van der Waals surface area (Å²) in [5.74, 6) is 0. The van der Waals surface area contributed by atoms with Crippen molar-refractivity contribution in [3.63, 3.8) is 0 Å². The van der Waals surface area contributed by atoms with E-state index in [1.165, 1.54) is 12.8 Å². The first kappa shape index (κ1) is 6.89. The molecule has 0 spiro atoms. The summed E-state index contributed by atoms with van der Waals surface area (Å²) in [6.07, 6.45) is 4.45. The molecule has 1 rings (SSSR count). The van der Waals surface area contributed by atoms with Crippen molar-refractivity contribution in [2.45, 2.75) is 37.1 Å². The highest BCUT2D eigenvalue weighted by Gasteiger charge is 2.26. The van der Waals surface area contributed by atoms with Crippen LogP contribution in [0.4, 0.5) is 0 Å². The summed E-state index contributed by atoms with van der Waals surface area (Å²) in [5.41, 5.74) is 0. The van der Waals surface area contributed by atoms with Crippen molar-refractivity contribution < 1.29 is 0 Å². The van der Waals surface area contributed by atoms with Gasteiger partial charge in [-0.15, -0.1) is 11.6 Å². The molecular formula is C7H10ClN. The summed E-state index contributed by atoms with van der Waals surface area (Å²) in [7, 11) is 0. The highest BCUT2D eigenvalue weighted by Crippen LogP contribution is 2.25. The Balaban J connectivity index is 2.41. The first-order chi connectivity index (χ1) is 4.34. The molecule has 1 aliphatic carbocycles. The number of hydrogen-bond donors (Lipinski definition) is 0. The highest BCUT2D eigenvalue weighted by molar-refractivity contribution is 6.21. The zero-order valence-electron chi connectivity index (χ0n) is 5.31.